The second kappa shape index (κ2) is 10.1. The van der Waals surface area contributed by atoms with Crippen LogP contribution in [0.25, 0.3) is 0 Å². The van der Waals surface area contributed by atoms with E-state index in [4.69, 9.17) is 9.47 Å². The topological polar surface area (TPSA) is 41.9 Å². The molecule has 0 unspecified atom stereocenters. The summed E-state index contributed by atoms with van der Waals surface area (Å²) in [5.74, 6) is 0.690. The summed E-state index contributed by atoms with van der Waals surface area (Å²) < 4.78 is 10.9. The highest BCUT2D eigenvalue weighted by atomic mass is 16.5. The number of nitrogens with zero attached hydrogens (tertiary/aromatic N) is 1. The number of ether oxygens (including phenoxy) is 2. The minimum atomic E-state index is -1.08. The SMILES string of the molecule is COc1ccc([C@](O)(Cc2ccccc2)[C@@H](CN2CCOCC2)c2ccccc2)cc1. The number of hydrogen-bond acceptors (Lipinski definition) is 4. The van der Waals surface area contributed by atoms with Gasteiger partial charge in [0.25, 0.3) is 0 Å². The molecule has 1 saturated heterocycles. The molecule has 0 saturated carbocycles. The van der Waals surface area contributed by atoms with Crippen LogP contribution < -0.4 is 4.74 Å². The molecule has 3 aromatic rings. The lowest BCUT2D eigenvalue weighted by atomic mass is 9.73. The van der Waals surface area contributed by atoms with Crippen molar-refractivity contribution in [2.24, 2.45) is 0 Å². The molecule has 1 fully saturated rings. The minimum Gasteiger partial charge on any atom is -0.497 e. The first-order valence-corrected chi connectivity index (χ1v) is 10.9. The Morgan fingerprint density at radius 3 is 2.13 bits per heavy atom. The van der Waals surface area contributed by atoms with Crippen molar-refractivity contribution in [1.29, 1.82) is 0 Å². The second-order valence-electron chi connectivity index (χ2n) is 8.19. The molecule has 3 aromatic carbocycles. The van der Waals surface area contributed by atoms with Gasteiger partial charge in [0.05, 0.1) is 20.3 Å². The van der Waals surface area contributed by atoms with Gasteiger partial charge in [-0.3, -0.25) is 4.90 Å². The average Bonchev–Trinajstić information content (AvgIpc) is 2.84. The van der Waals surface area contributed by atoms with Gasteiger partial charge in [-0.2, -0.15) is 0 Å². The maximum absolute atomic E-state index is 12.4. The maximum atomic E-state index is 12.4. The number of aliphatic hydroxyl groups is 1. The van der Waals surface area contributed by atoms with E-state index in [1.807, 2.05) is 48.5 Å². The third-order valence-corrected chi connectivity index (χ3v) is 6.23. The summed E-state index contributed by atoms with van der Waals surface area (Å²) in [5.41, 5.74) is 2.08. The maximum Gasteiger partial charge on any atom is 0.118 e. The van der Waals surface area contributed by atoms with Crippen molar-refractivity contribution in [3.8, 4) is 5.75 Å². The molecule has 0 amide bonds. The molecular weight excluding hydrogens is 386 g/mol. The molecule has 1 aliphatic rings. The van der Waals surface area contributed by atoms with Crippen molar-refractivity contribution >= 4 is 0 Å². The Morgan fingerprint density at radius 2 is 1.52 bits per heavy atom. The van der Waals surface area contributed by atoms with Crippen LogP contribution >= 0.6 is 0 Å². The predicted octanol–water partition coefficient (Wildman–Crippen LogP) is 4.24. The molecule has 1 aliphatic heterocycles. The zero-order chi connectivity index (χ0) is 21.5. The van der Waals surface area contributed by atoms with Crippen LogP contribution in [0.5, 0.6) is 5.75 Å². The van der Waals surface area contributed by atoms with Gasteiger partial charge >= 0.3 is 0 Å². The molecule has 0 spiro atoms. The number of benzene rings is 3. The largest absolute Gasteiger partial charge is 0.497 e. The molecule has 162 valence electrons. The first-order valence-electron chi connectivity index (χ1n) is 10.9. The highest BCUT2D eigenvalue weighted by Crippen LogP contribution is 2.41. The van der Waals surface area contributed by atoms with E-state index >= 15 is 0 Å². The molecule has 4 nitrogen and oxygen atoms in total. The van der Waals surface area contributed by atoms with Gasteiger partial charge in [0.2, 0.25) is 0 Å². The molecular formula is C27H31NO3. The quantitative estimate of drug-likeness (QED) is 0.595. The van der Waals surface area contributed by atoms with E-state index in [1.165, 1.54) is 0 Å². The summed E-state index contributed by atoms with van der Waals surface area (Å²) in [4.78, 5) is 2.40. The first kappa shape index (κ1) is 21.6. The Hall–Kier alpha value is -2.66. The Labute approximate surface area is 185 Å². The summed E-state index contributed by atoms with van der Waals surface area (Å²) in [5, 5.41) is 12.4. The van der Waals surface area contributed by atoms with E-state index in [0.29, 0.717) is 6.42 Å². The lowest BCUT2D eigenvalue weighted by Gasteiger charge is -2.41. The third-order valence-electron chi connectivity index (χ3n) is 6.23. The molecule has 4 rings (SSSR count). The van der Waals surface area contributed by atoms with Crippen LogP contribution in [-0.4, -0.2) is 50.0 Å². The van der Waals surface area contributed by atoms with Crippen LogP contribution in [0.2, 0.25) is 0 Å². The van der Waals surface area contributed by atoms with E-state index in [0.717, 1.165) is 55.3 Å². The Morgan fingerprint density at radius 1 is 0.903 bits per heavy atom. The number of hydrogen-bond donors (Lipinski definition) is 1. The monoisotopic (exact) mass is 417 g/mol. The molecule has 1 heterocycles. The first-order chi connectivity index (χ1) is 15.2. The molecule has 31 heavy (non-hydrogen) atoms. The van der Waals surface area contributed by atoms with E-state index < -0.39 is 5.60 Å². The van der Waals surface area contributed by atoms with Crippen LogP contribution in [0.4, 0.5) is 0 Å². The molecule has 1 N–H and O–H groups in total. The van der Waals surface area contributed by atoms with Gasteiger partial charge in [0, 0.05) is 32.0 Å². The van der Waals surface area contributed by atoms with Gasteiger partial charge < -0.3 is 14.6 Å². The smallest absolute Gasteiger partial charge is 0.118 e. The van der Waals surface area contributed by atoms with E-state index in [-0.39, 0.29) is 5.92 Å². The van der Waals surface area contributed by atoms with Crippen molar-refractivity contribution in [2.75, 3.05) is 40.0 Å². The van der Waals surface area contributed by atoms with Crippen LogP contribution in [0.3, 0.4) is 0 Å². The van der Waals surface area contributed by atoms with Crippen molar-refractivity contribution in [2.45, 2.75) is 17.9 Å². The lowest BCUT2D eigenvalue weighted by molar-refractivity contribution is -0.0223. The van der Waals surface area contributed by atoms with Crippen molar-refractivity contribution in [3.05, 3.63) is 102 Å². The molecule has 2 atom stereocenters. The van der Waals surface area contributed by atoms with E-state index in [1.54, 1.807) is 7.11 Å². The van der Waals surface area contributed by atoms with Crippen LogP contribution in [0, 0.1) is 0 Å². The van der Waals surface area contributed by atoms with Crippen molar-refractivity contribution in [1.82, 2.24) is 4.90 Å². The van der Waals surface area contributed by atoms with Gasteiger partial charge in [-0.15, -0.1) is 0 Å². The van der Waals surface area contributed by atoms with Crippen LogP contribution in [0.15, 0.2) is 84.9 Å². The fourth-order valence-electron chi connectivity index (χ4n) is 4.47. The standard InChI is InChI=1S/C27H31NO3/c1-30-25-14-12-24(13-15-25)27(29,20-22-8-4-2-5-9-22)26(23-10-6-3-7-11-23)21-28-16-18-31-19-17-28/h2-15,26,29H,16-21H2,1H3/t26-,27+/m0/s1. The van der Waals surface area contributed by atoms with Gasteiger partial charge in [0.15, 0.2) is 0 Å². The van der Waals surface area contributed by atoms with Crippen molar-refractivity contribution < 1.29 is 14.6 Å². The van der Waals surface area contributed by atoms with Crippen LogP contribution in [0.1, 0.15) is 22.6 Å². The normalized spacial score (nSPS) is 17.6. The molecule has 4 heteroatoms. The average molecular weight is 418 g/mol. The fourth-order valence-corrected chi connectivity index (χ4v) is 4.47. The summed E-state index contributed by atoms with van der Waals surface area (Å²) >= 11 is 0. The number of methoxy groups -OCH3 is 1. The minimum absolute atomic E-state index is 0.0969. The van der Waals surface area contributed by atoms with Gasteiger partial charge in [-0.1, -0.05) is 72.8 Å². The van der Waals surface area contributed by atoms with Gasteiger partial charge in [-0.05, 0) is 28.8 Å². The zero-order valence-electron chi connectivity index (χ0n) is 18.1. The highest BCUT2D eigenvalue weighted by molar-refractivity contribution is 5.37. The molecule has 0 radical (unpaired) electrons. The van der Waals surface area contributed by atoms with Crippen molar-refractivity contribution in [3.63, 3.8) is 0 Å². The Bertz CT molecular complexity index is 924. The van der Waals surface area contributed by atoms with E-state index in [9.17, 15) is 5.11 Å². The predicted molar refractivity (Wildman–Crippen MR) is 123 cm³/mol. The van der Waals surface area contributed by atoms with Gasteiger partial charge in [0.1, 0.15) is 11.4 Å². The third kappa shape index (κ3) is 5.16. The fraction of sp³-hybridized carbons (Fsp3) is 0.333. The summed E-state index contributed by atoms with van der Waals surface area (Å²) in [6.07, 6.45) is 0.532. The highest BCUT2D eigenvalue weighted by Gasteiger charge is 2.40. The number of morpholine rings is 1. The molecule has 0 aromatic heterocycles. The second-order valence-corrected chi connectivity index (χ2v) is 8.19. The molecule has 0 aliphatic carbocycles. The zero-order valence-corrected chi connectivity index (χ0v) is 18.1. The summed E-state index contributed by atoms with van der Waals surface area (Å²) in [6, 6.07) is 28.5. The summed E-state index contributed by atoms with van der Waals surface area (Å²) in [6.45, 7) is 4.01. The lowest BCUT2D eigenvalue weighted by Crippen LogP contribution is -2.45. The van der Waals surface area contributed by atoms with E-state index in [2.05, 4.69) is 41.3 Å². The van der Waals surface area contributed by atoms with Crippen LogP contribution in [-0.2, 0) is 16.8 Å². The Kier molecular flexibility index (Phi) is 7.03. The van der Waals surface area contributed by atoms with Gasteiger partial charge in [-0.25, -0.2) is 0 Å². The summed E-state index contributed by atoms with van der Waals surface area (Å²) in [7, 11) is 1.66. The Balaban J connectivity index is 1.77. The molecule has 0 bridgehead atoms. The number of rotatable bonds is 8.